The molecule has 1 aromatic heterocycles. The molecule has 0 aliphatic heterocycles. The van der Waals surface area contributed by atoms with E-state index in [0.717, 1.165) is 23.6 Å². The van der Waals surface area contributed by atoms with Gasteiger partial charge in [-0.1, -0.05) is 5.16 Å². The van der Waals surface area contributed by atoms with Crippen LogP contribution in [-0.4, -0.2) is 10.1 Å². The lowest BCUT2D eigenvalue weighted by Crippen LogP contribution is -2.49. The van der Waals surface area contributed by atoms with Gasteiger partial charge in [-0.3, -0.25) is 0 Å². The van der Waals surface area contributed by atoms with Gasteiger partial charge in [0.1, 0.15) is 0 Å². The molecule has 4 nitrogen and oxygen atoms in total. The van der Waals surface area contributed by atoms with Crippen molar-refractivity contribution in [2.24, 2.45) is 23.5 Å². The molecule has 0 amide bonds. The van der Waals surface area contributed by atoms with Gasteiger partial charge in [0.05, 0.1) is 6.54 Å². The molecule has 4 fully saturated rings. The van der Waals surface area contributed by atoms with E-state index in [1.807, 2.05) is 0 Å². The van der Waals surface area contributed by atoms with E-state index in [9.17, 15) is 0 Å². The first-order valence-electron chi connectivity index (χ1n) is 6.80. The Hall–Kier alpha value is -0.610. The Labute approximate surface area is 113 Å². The van der Waals surface area contributed by atoms with Gasteiger partial charge in [-0.2, -0.15) is 4.98 Å². The van der Waals surface area contributed by atoms with Crippen LogP contribution >= 0.6 is 12.4 Å². The Morgan fingerprint density at radius 3 is 2.11 bits per heavy atom. The summed E-state index contributed by atoms with van der Waals surface area (Å²) in [6.07, 6.45) is 8.18. The average molecular weight is 270 g/mol. The first kappa shape index (κ1) is 12.4. The van der Waals surface area contributed by atoms with Crippen LogP contribution in [0.4, 0.5) is 0 Å². The van der Waals surface area contributed by atoms with Crippen molar-refractivity contribution in [2.75, 3.05) is 0 Å². The van der Waals surface area contributed by atoms with Gasteiger partial charge < -0.3 is 10.3 Å². The third-order valence-electron chi connectivity index (χ3n) is 5.16. The van der Waals surface area contributed by atoms with Crippen molar-refractivity contribution in [1.29, 1.82) is 0 Å². The Bertz CT molecular complexity index is 410. The summed E-state index contributed by atoms with van der Waals surface area (Å²) in [6, 6.07) is 0. The summed E-state index contributed by atoms with van der Waals surface area (Å²) in [5, 5.41) is 4.21. The highest BCUT2D eigenvalue weighted by Crippen LogP contribution is 2.60. The predicted octanol–water partition coefficient (Wildman–Crippen LogP) is 2.42. The maximum atomic E-state index is 5.56. The first-order valence-corrected chi connectivity index (χ1v) is 6.80. The highest BCUT2D eigenvalue weighted by atomic mass is 35.5. The molecule has 5 heteroatoms. The SMILES string of the molecule is Cl.NCc1nc(C23CC4CC(CC(C4)C2)C3)no1. The van der Waals surface area contributed by atoms with Crippen LogP contribution in [0.15, 0.2) is 4.52 Å². The Balaban J connectivity index is 0.000001000. The smallest absolute Gasteiger partial charge is 0.240 e. The van der Waals surface area contributed by atoms with Crippen molar-refractivity contribution in [2.45, 2.75) is 50.5 Å². The molecule has 1 aromatic rings. The molecule has 18 heavy (non-hydrogen) atoms. The predicted molar refractivity (Wildman–Crippen MR) is 69.3 cm³/mol. The van der Waals surface area contributed by atoms with E-state index in [-0.39, 0.29) is 17.8 Å². The second-order valence-electron chi connectivity index (χ2n) is 6.41. The lowest BCUT2D eigenvalue weighted by molar-refractivity contribution is -0.0103. The van der Waals surface area contributed by atoms with Crippen LogP contribution in [0.3, 0.4) is 0 Å². The molecule has 1 heterocycles. The molecule has 5 rings (SSSR count). The molecule has 4 bridgehead atoms. The molecular formula is C13H20ClN3O. The summed E-state index contributed by atoms with van der Waals surface area (Å²) in [5.41, 5.74) is 5.80. The second kappa shape index (κ2) is 4.20. The fourth-order valence-corrected chi connectivity index (χ4v) is 4.94. The molecule has 0 radical (unpaired) electrons. The lowest BCUT2D eigenvalue weighted by Gasteiger charge is -2.55. The van der Waals surface area contributed by atoms with E-state index in [4.69, 9.17) is 10.3 Å². The number of halogens is 1. The highest BCUT2D eigenvalue weighted by molar-refractivity contribution is 5.85. The summed E-state index contributed by atoms with van der Waals surface area (Å²) in [5.74, 6) is 4.30. The Morgan fingerprint density at radius 2 is 1.67 bits per heavy atom. The number of nitrogens with zero attached hydrogens (tertiary/aromatic N) is 2. The molecule has 0 saturated heterocycles. The number of nitrogens with two attached hydrogens (primary N) is 1. The van der Waals surface area contributed by atoms with Crippen LogP contribution in [0.2, 0.25) is 0 Å². The van der Waals surface area contributed by atoms with Crippen LogP contribution in [0.25, 0.3) is 0 Å². The van der Waals surface area contributed by atoms with Crippen molar-refractivity contribution in [3.8, 4) is 0 Å². The van der Waals surface area contributed by atoms with E-state index >= 15 is 0 Å². The molecule has 4 aliphatic rings. The first-order chi connectivity index (χ1) is 8.27. The minimum Gasteiger partial charge on any atom is -0.338 e. The quantitative estimate of drug-likeness (QED) is 0.895. The molecular weight excluding hydrogens is 250 g/mol. The molecule has 0 unspecified atom stereocenters. The summed E-state index contributed by atoms with van der Waals surface area (Å²) in [4.78, 5) is 4.52. The highest BCUT2D eigenvalue weighted by Gasteiger charge is 2.53. The molecule has 0 spiro atoms. The topological polar surface area (TPSA) is 64.9 Å². The zero-order chi connectivity index (χ0) is 11.5. The van der Waals surface area contributed by atoms with E-state index in [1.165, 1.54) is 38.5 Å². The fraction of sp³-hybridized carbons (Fsp3) is 0.846. The van der Waals surface area contributed by atoms with Crippen LogP contribution in [-0.2, 0) is 12.0 Å². The van der Waals surface area contributed by atoms with Gasteiger partial charge in [-0.25, -0.2) is 0 Å². The van der Waals surface area contributed by atoms with Gasteiger partial charge in [0.2, 0.25) is 5.89 Å². The second-order valence-corrected chi connectivity index (χ2v) is 6.41. The third kappa shape index (κ3) is 1.69. The maximum Gasteiger partial charge on any atom is 0.240 e. The van der Waals surface area contributed by atoms with E-state index in [0.29, 0.717) is 12.4 Å². The van der Waals surface area contributed by atoms with Crippen molar-refractivity contribution in [1.82, 2.24) is 10.1 Å². The standard InChI is InChI=1S/C13H19N3O.ClH/c14-7-11-15-12(16-17-11)13-4-8-1-9(5-13)3-10(2-8)6-13;/h8-10H,1-7,14H2;1H. The van der Waals surface area contributed by atoms with Crippen LogP contribution in [0.5, 0.6) is 0 Å². The molecule has 4 saturated carbocycles. The Kier molecular flexibility index (Phi) is 2.90. The summed E-state index contributed by atoms with van der Waals surface area (Å²) in [6.45, 7) is 0.360. The van der Waals surface area contributed by atoms with Gasteiger partial charge in [0, 0.05) is 5.41 Å². The molecule has 0 aromatic carbocycles. The zero-order valence-corrected chi connectivity index (χ0v) is 11.3. The largest absolute Gasteiger partial charge is 0.338 e. The van der Waals surface area contributed by atoms with Gasteiger partial charge >= 0.3 is 0 Å². The number of hydrogen-bond acceptors (Lipinski definition) is 4. The maximum absolute atomic E-state index is 5.56. The summed E-state index contributed by atoms with van der Waals surface area (Å²) >= 11 is 0. The number of aromatic nitrogens is 2. The monoisotopic (exact) mass is 269 g/mol. The van der Waals surface area contributed by atoms with Crippen molar-refractivity contribution >= 4 is 12.4 Å². The molecule has 0 atom stereocenters. The molecule has 100 valence electrons. The Morgan fingerprint density at radius 1 is 1.11 bits per heavy atom. The lowest BCUT2D eigenvalue weighted by atomic mass is 9.49. The van der Waals surface area contributed by atoms with Crippen LogP contribution in [0.1, 0.15) is 50.2 Å². The van der Waals surface area contributed by atoms with Gasteiger partial charge in [0.25, 0.3) is 0 Å². The van der Waals surface area contributed by atoms with E-state index in [2.05, 4.69) is 10.1 Å². The average Bonchev–Trinajstić information content (AvgIpc) is 2.76. The summed E-state index contributed by atoms with van der Waals surface area (Å²) < 4.78 is 5.22. The van der Waals surface area contributed by atoms with Crippen LogP contribution < -0.4 is 5.73 Å². The minimum absolute atomic E-state index is 0. The van der Waals surface area contributed by atoms with Gasteiger partial charge in [-0.05, 0) is 56.3 Å². The fourth-order valence-electron chi connectivity index (χ4n) is 4.94. The third-order valence-corrected chi connectivity index (χ3v) is 5.16. The van der Waals surface area contributed by atoms with Gasteiger partial charge in [-0.15, -0.1) is 12.4 Å². The summed E-state index contributed by atoms with van der Waals surface area (Å²) in [7, 11) is 0. The molecule has 2 N–H and O–H groups in total. The number of rotatable bonds is 2. The van der Waals surface area contributed by atoms with Gasteiger partial charge in [0.15, 0.2) is 5.82 Å². The minimum atomic E-state index is 0. The van der Waals surface area contributed by atoms with Crippen LogP contribution in [0, 0.1) is 17.8 Å². The van der Waals surface area contributed by atoms with E-state index < -0.39 is 0 Å². The van der Waals surface area contributed by atoms with Crippen molar-refractivity contribution in [3.05, 3.63) is 11.7 Å². The molecule has 4 aliphatic carbocycles. The normalized spacial score (nSPS) is 40.8. The van der Waals surface area contributed by atoms with Crippen molar-refractivity contribution < 1.29 is 4.52 Å². The van der Waals surface area contributed by atoms with E-state index in [1.54, 1.807) is 0 Å². The number of hydrogen-bond donors (Lipinski definition) is 1. The zero-order valence-electron chi connectivity index (χ0n) is 10.5. The van der Waals surface area contributed by atoms with Crippen molar-refractivity contribution in [3.63, 3.8) is 0 Å².